The summed E-state index contributed by atoms with van der Waals surface area (Å²) in [7, 11) is 0. The van der Waals surface area contributed by atoms with Crippen LogP contribution in [0.3, 0.4) is 0 Å². The van der Waals surface area contributed by atoms with Gasteiger partial charge in [0.05, 0.1) is 6.61 Å². The van der Waals surface area contributed by atoms with Crippen molar-refractivity contribution in [1.29, 1.82) is 0 Å². The molecule has 2 aromatic carbocycles. The van der Waals surface area contributed by atoms with Crippen molar-refractivity contribution in [2.75, 3.05) is 12.4 Å². The number of benzene rings is 2. The fourth-order valence-corrected chi connectivity index (χ4v) is 2.81. The molecular weight excluding hydrogens is 330 g/mol. The molecule has 6 heteroatoms. The van der Waals surface area contributed by atoms with E-state index >= 15 is 0 Å². The Morgan fingerprint density at radius 1 is 1.04 bits per heavy atom. The summed E-state index contributed by atoms with van der Waals surface area (Å²) in [5, 5.41) is 8.63. The third-order valence-corrected chi connectivity index (χ3v) is 4.30. The van der Waals surface area contributed by atoms with Crippen LogP contribution < -0.4 is 4.74 Å². The summed E-state index contributed by atoms with van der Waals surface area (Å²) in [6.45, 7) is 0.686. The number of ether oxygens (including phenoxy) is 1. The van der Waals surface area contributed by atoms with Crippen molar-refractivity contribution in [3.05, 3.63) is 59.6 Å². The van der Waals surface area contributed by atoms with E-state index in [9.17, 15) is 0 Å². The molecule has 0 aliphatic rings. The van der Waals surface area contributed by atoms with Crippen LogP contribution in [0.4, 0.5) is 0 Å². The maximum Gasteiger partial charge on any atom is 0.208 e. The first-order valence-electron chi connectivity index (χ1n) is 7.30. The number of nitrogens with one attached hydrogen (secondary N) is 1. The van der Waals surface area contributed by atoms with Crippen molar-refractivity contribution in [3.8, 4) is 17.1 Å². The molecule has 23 heavy (non-hydrogen) atoms. The number of aromatic amines is 1. The average molecular weight is 346 g/mol. The molecule has 0 aliphatic heterocycles. The van der Waals surface area contributed by atoms with Gasteiger partial charge in [0.2, 0.25) is 5.16 Å². The van der Waals surface area contributed by atoms with E-state index in [1.165, 1.54) is 0 Å². The van der Waals surface area contributed by atoms with Gasteiger partial charge in [-0.05, 0) is 42.8 Å². The second-order valence-corrected chi connectivity index (χ2v) is 6.34. The summed E-state index contributed by atoms with van der Waals surface area (Å²) in [6.07, 6.45) is 0.935. The van der Waals surface area contributed by atoms with Crippen LogP contribution in [0.5, 0.6) is 5.75 Å². The summed E-state index contributed by atoms with van der Waals surface area (Å²) in [5.41, 5.74) is 0.973. The summed E-state index contributed by atoms with van der Waals surface area (Å²) < 4.78 is 5.66. The van der Waals surface area contributed by atoms with E-state index in [0.29, 0.717) is 11.6 Å². The van der Waals surface area contributed by atoms with Gasteiger partial charge in [0.25, 0.3) is 0 Å². The van der Waals surface area contributed by atoms with Crippen molar-refractivity contribution < 1.29 is 4.74 Å². The van der Waals surface area contributed by atoms with E-state index in [0.717, 1.165) is 34.5 Å². The Hall–Kier alpha value is -1.98. The quantitative estimate of drug-likeness (QED) is 0.498. The SMILES string of the molecule is Clc1ccc(-c2nc(SCCCOc3ccccc3)n[nH]2)cc1. The van der Waals surface area contributed by atoms with Crippen LogP contribution in [-0.4, -0.2) is 27.5 Å². The highest BCUT2D eigenvalue weighted by Gasteiger charge is 2.06. The van der Waals surface area contributed by atoms with E-state index in [-0.39, 0.29) is 0 Å². The molecule has 0 saturated heterocycles. The lowest BCUT2D eigenvalue weighted by atomic mass is 10.2. The smallest absolute Gasteiger partial charge is 0.208 e. The topological polar surface area (TPSA) is 50.8 Å². The van der Waals surface area contributed by atoms with Gasteiger partial charge in [-0.15, -0.1) is 5.10 Å². The number of aromatic nitrogens is 3. The third kappa shape index (κ3) is 4.74. The van der Waals surface area contributed by atoms with Crippen LogP contribution in [0.1, 0.15) is 6.42 Å². The number of nitrogens with zero attached hydrogens (tertiary/aromatic N) is 2. The lowest BCUT2D eigenvalue weighted by molar-refractivity contribution is 0.318. The minimum absolute atomic E-state index is 0.686. The molecule has 1 N–H and O–H groups in total. The number of hydrogen-bond acceptors (Lipinski definition) is 4. The predicted octanol–water partition coefficient (Wildman–Crippen LogP) is 4.69. The molecule has 0 spiro atoms. The lowest BCUT2D eigenvalue weighted by Crippen LogP contribution is -1.98. The van der Waals surface area contributed by atoms with Crippen LogP contribution in [0, 0.1) is 0 Å². The fourth-order valence-electron chi connectivity index (χ4n) is 1.98. The summed E-state index contributed by atoms with van der Waals surface area (Å²) in [6, 6.07) is 17.4. The Morgan fingerprint density at radius 2 is 1.83 bits per heavy atom. The molecule has 0 amide bonds. The Morgan fingerprint density at radius 3 is 2.61 bits per heavy atom. The first kappa shape index (κ1) is 15.9. The molecule has 1 heterocycles. The number of halogens is 1. The molecule has 0 atom stereocenters. The maximum atomic E-state index is 5.88. The second-order valence-electron chi connectivity index (χ2n) is 4.84. The monoisotopic (exact) mass is 345 g/mol. The minimum atomic E-state index is 0.686. The predicted molar refractivity (Wildman–Crippen MR) is 94.1 cm³/mol. The first-order valence-corrected chi connectivity index (χ1v) is 8.66. The van der Waals surface area contributed by atoms with Crippen LogP contribution in [0.25, 0.3) is 11.4 Å². The normalized spacial score (nSPS) is 10.7. The number of thioether (sulfide) groups is 1. The molecule has 0 bridgehead atoms. The highest BCUT2D eigenvalue weighted by Crippen LogP contribution is 2.21. The second kappa shape index (κ2) is 8.04. The van der Waals surface area contributed by atoms with Crippen LogP contribution in [0.2, 0.25) is 5.02 Å². The number of rotatable bonds is 7. The average Bonchev–Trinajstić information content (AvgIpc) is 3.05. The molecule has 1 aromatic heterocycles. The van der Waals surface area contributed by atoms with E-state index in [1.54, 1.807) is 11.8 Å². The van der Waals surface area contributed by atoms with Gasteiger partial charge in [0.1, 0.15) is 5.75 Å². The summed E-state index contributed by atoms with van der Waals surface area (Å²) in [5.74, 6) is 2.57. The van der Waals surface area contributed by atoms with Gasteiger partial charge in [-0.1, -0.05) is 41.6 Å². The van der Waals surface area contributed by atoms with E-state index in [2.05, 4.69) is 15.2 Å². The molecule has 118 valence electrons. The molecule has 0 fully saturated rings. The fraction of sp³-hybridized carbons (Fsp3) is 0.176. The maximum absolute atomic E-state index is 5.88. The van der Waals surface area contributed by atoms with Gasteiger partial charge in [0, 0.05) is 16.3 Å². The Labute approximate surface area is 144 Å². The molecule has 3 rings (SSSR count). The first-order chi connectivity index (χ1) is 11.3. The number of hydrogen-bond donors (Lipinski definition) is 1. The van der Waals surface area contributed by atoms with Crippen molar-refractivity contribution in [1.82, 2.24) is 15.2 Å². The van der Waals surface area contributed by atoms with Crippen molar-refractivity contribution in [2.24, 2.45) is 0 Å². The van der Waals surface area contributed by atoms with E-state index in [1.807, 2.05) is 54.6 Å². The van der Waals surface area contributed by atoms with Crippen molar-refractivity contribution in [2.45, 2.75) is 11.6 Å². The largest absolute Gasteiger partial charge is 0.494 e. The van der Waals surface area contributed by atoms with Gasteiger partial charge in [-0.3, -0.25) is 5.10 Å². The van der Waals surface area contributed by atoms with Crippen molar-refractivity contribution in [3.63, 3.8) is 0 Å². The van der Waals surface area contributed by atoms with Gasteiger partial charge >= 0.3 is 0 Å². The van der Waals surface area contributed by atoms with E-state index in [4.69, 9.17) is 16.3 Å². The highest BCUT2D eigenvalue weighted by molar-refractivity contribution is 7.99. The summed E-state index contributed by atoms with van der Waals surface area (Å²) in [4.78, 5) is 4.48. The molecule has 0 unspecified atom stereocenters. The van der Waals surface area contributed by atoms with E-state index < -0.39 is 0 Å². The summed E-state index contributed by atoms with van der Waals surface area (Å²) >= 11 is 7.50. The zero-order chi connectivity index (χ0) is 15.9. The van der Waals surface area contributed by atoms with Gasteiger partial charge in [0.15, 0.2) is 5.82 Å². The standard InChI is InChI=1S/C17H16ClN3OS/c18-14-9-7-13(8-10-14)16-19-17(21-20-16)23-12-4-11-22-15-5-2-1-3-6-15/h1-3,5-10H,4,11-12H2,(H,19,20,21). The molecular formula is C17H16ClN3OS. The molecule has 0 radical (unpaired) electrons. The highest BCUT2D eigenvalue weighted by atomic mass is 35.5. The minimum Gasteiger partial charge on any atom is -0.494 e. The van der Waals surface area contributed by atoms with Gasteiger partial charge in [-0.2, -0.15) is 0 Å². The Bertz CT molecular complexity index is 731. The zero-order valence-corrected chi connectivity index (χ0v) is 14.0. The molecule has 3 aromatic rings. The number of para-hydroxylation sites is 1. The zero-order valence-electron chi connectivity index (χ0n) is 12.4. The third-order valence-electron chi connectivity index (χ3n) is 3.11. The Kier molecular flexibility index (Phi) is 5.56. The molecule has 4 nitrogen and oxygen atoms in total. The van der Waals surface area contributed by atoms with Crippen molar-refractivity contribution >= 4 is 23.4 Å². The van der Waals surface area contributed by atoms with Gasteiger partial charge < -0.3 is 4.74 Å². The Balaban J connectivity index is 1.43. The molecule has 0 saturated carbocycles. The number of H-pyrrole nitrogens is 1. The van der Waals surface area contributed by atoms with Crippen LogP contribution in [0.15, 0.2) is 59.8 Å². The van der Waals surface area contributed by atoms with Gasteiger partial charge in [-0.25, -0.2) is 4.98 Å². The molecule has 0 aliphatic carbocycles. The van der Waals surface area contributed by atoms with Crippen LogP contribution >= 0.6 is 23.4 Å². The van der Waals surface area contributed by atoms with Crippen LogP contribution in [-0.2, 0) is 0 Å². The lowest BCUT2D eigenvalue weighted by Gasteiger charge is -2.04.